The molecule has 0 aromatic heterocycles. The van der Waals surface area contributed by atoms with Gasteiger partial charge in [0.1, 0.15) is 0 Å². The molecule has 2 aliphatic rings. The number of carbonyl (C=O) groups excluding carboxylic acids is 1. The Morgan fingerprint density at radius 1 is 1.29 bits per heavy atom. The molecule has 0 N–H and O–H groups in total. The van der Waals surface area contributed by atoms with Gasteiger partial charge in [0.05, 0.1) is 0 Å². The van der Waals surface area contributed by atoms with Crippen LogP contribution in [0.2, 0.25) is 0 Å². The fraction of sp³-hybridized carbons (Fsp3) is 0.700. The van der Waals surface area contributed by atoms with E-state index in [1.807, 2.05) is 6.08 Å². The number of Topliss-reactive ketones (excluding diaryl/α,β-unsaturated/α-hetero) is 1. The lowest BCUT2D eigenvalue weighted by molar-refractivity contribution is -0.177. The van der Waals surface area contributed by atoms with Crippen molar-refractivity contribution in [1.82, 2.24) is 0 Å². The van der Waals surface area contributed by atoms with Gasteiger partial charge >= 0.3 is 6.18 Å². The van der Waals surface area contributed by atoms with Crippen molar-refractivity contribution >= 4 is 5.78 Å². The largest absolute Gasteiger partial charge is 0.450 e. The molecule has 2 rings (SSSR count). The molecule has 1 fully saturated rings. The van der Waals surface area contributed by atoms with Crippen LogP contribution >= 0.6 is 0 Å². The average molecular weight is 204 g/mol. The smallest absolute Gasteiger partial charge is 0.289 e. The Balaban J connectivity index is 2.21. The van der Waals surface area contributed by atoms with Gasteiger partial charge in [-0.05, 0) is 24.2 Å². The zero-order valence-electron chi connectivity index (χ0n) is 7.71. The molecule has 1 saturated carbocycles. The Bertz CT molecular complexity index is 292. The van der Waals surface area contributed by atoms with E-state index in [9.17, 15) is 18.0 Å². The standard InChI is InChI=1S/C10H11F3O/c1-5-6-2-3-7(4-6)8(5)9(14)10(11,12)13/h2-3,5-8H,4H2,1H3. The normalized spacial score (nSPS) is 40.6. The van der Waals surface area contributed by atoms with Crippen LogP contribution in [0.25, 0.3) is 0 Å². The SMILES string of the molecule is CC1C2C=CC(C2)C1C(=O)C(F)(F)F. The fourth-order valence-electron chi connectivity index (χ4n) is 2.69. The average Bonchev–Trinajstić information content (AvgIpc) is 2.61. The van der Waals surface area contributed by atoms with Crippen molar-refractivity contribution in [3.63, 3.8) is 0 Å². The molecular formula is C10H11F3O. The second-order valence-corrected chi connectivity index (χ2v) is 4.20. The summed E-state index contributed by atoms with van der Waals surface area (Å²) in [5, 5.41) is 0. The summed E-state index contributed by atoms with van der Waals surface area (Å²) in [6, 6.07) is 0. The molecule has 4 unspecified atom stereocenters. The number of rotatable bonds is 1. The Morgan fingerprint density at radius 2 is 1.86 bits per heavy atom. The number of alkyl halides is 3. The first-order chi connectivity index (χ1) is 6.41. The first-order valence-corrected chi connectivity index (χ1v) is 4.70. The van der Waals surface area contributed by atoms with Gasteiger partial charge in [-0.15, -0.1) is 0 Å². The Hall–Kier alpha value is -0.800. The summed E-state index contributed by atoms with van der Waals surface area (Å²) >= 11 is 0. The van der Waals surface area contributed by atoms with Gasteiger partial charge in [-0.25, -0.2) is 0 Å². The van der Waals surface area contributed by atoms with Gasteiger partial charge in [-0.2, -0.15) is 13.2 Å². The fourth-order valence-corrected chi connectivity index (χ4v) is 2.69. The molecule has 0 amide bonds. The molecular weight excluding hydrogens is 193 g/mol. The minimum absolute atomic E-state index is 0.154. The zero-order valence-corrected chi connectivity index (χ0v) is 7.71. The van der Waals surface area contributed by atoms with Crippen molar-refractivity contribution in [3.8, 4) is 0 Å². The van der Waals surface area contributed by atoms with Crippen molar-refractivity contribution in [1.29, 1.82) is 0 Å². The van der Waals surface area contributed by atoms with Crippen LogP contribution in [0.5, 0.6) is 0 Å². The van der Waals surface area contributed by atoms with E-state index in [0.717, 1.165) is 0 Å². The zero-order chi connectivity index (χ0) is 10.5. The third-order valence-corrected chi connectivity index (χ3v) is 3.44. The van der Waals surface area contributed by atoms with E-state index in [-0.39, 0.29) is 17.8 Å². The quantitative estimate of drug-likeness (QED) is 0.600. The Labute approximate surface area is 80.0 Å². The number of halogens is 3. The summed E-state index contributed by atoms with van der Waals surface area (Å²) in [6.07, 6.45) is -0.251. The van der Waals surface area contributed by atoms with Gasteiger partial charge in [0.25, 0.3) is 0 Å². The molecule has 0 spiro atoms. The number of carbonyl (C=O) groups is 1. The molecule has 1 nitrogen and oxygen atoms in total. The highest BCUT2D eigenvalue weighted by Gasteiger charge is 2.53. The first kappa shape index (κ1) is 9.74. The van der Waals surface area contributed by atoms with Crippen molar-refractivity contribution in [2.45, 2.75) is 19.5 Å². The van der Waals surface area contributed by atoms with Crippen LogP contribution in [0.3, 0.4) is 0 Å². The molecule has 0 saturated heterocycles. The monoisotopic (exact) mass is 204 g/mol. The third kappa shape index (κ3) is 1.28. The molecule has 2 aliphatic carbocycles. The van der Waals surface area contributed by atoms with Crippen molar-refractivity contribution in [3.05, 3.63) is 12.2 Å². The van der Waals surface area contributed by atoms with Crippen LogP contribution in [0.15, 0.2) is 12.2 Å². The molecule has 4 heteroatoms. The van der Waals surface area contributed by atoms with Crippen LogP contribution in [-0.4, -0.2) is 12.0 Å². The second kappa shape index (κ2) is 2.84. The summed E-state index contributed by atoms with van der Waals surface area (Å²) in [5.74, 6) is -2.52. The highest BCUT2D eigenvalue weighted by Crippen LogP contribution is 2.49. The number of hydrogen-bond donors (Lipinski definition) is 0. The minimum Gasteiger partial charge on any atom is -0.289 e. The number of ketones is 1. The number of fused-ring (bicyclic) bond motifs is 2. The predicted octanol–water partition coefficient (Wildman–Crippen LogP) is 2.58. The summed E-state index contributed by atoms with van der Waals surface area (Å²) < 4.78 is 36.7. The van der Waals surface area contributed by atoms with E-state index < -0.39 is 17.9 Å². The topological polar surface area (TPSA) is 17.1 Å². The van der Waals surface area contributed by atoms with Gasteiger partial charge in [0.2, 0.25) is 5.78 Å². The van der Waals surface area contributed by atoms with Gasteiger partial charge in [0, 0.05) is 5.92 Å². The van der Waals surface area contributed by atoms with Crippen LogP contribution in [0.1, 0.15) is 13.3 Å². The summed E-state index contributed by atoms with van der Waals surface area (Å²) in [4.78, 5) is 11.1. The number of hydrogen-bond acceptors (Lipinski definition) is 1. The lowest BCUT2D eigenvalue weighted by Crippen LogP contribution is -2.36. The maximum absolute atomic E-state index is 12.2. The predicted molar refractivity (Wildman–Crippen MR) is 44.5 cm³/mol. The summed E-state index contributed by atoms with van der Waals surface area (Å²) in [5.41, 5.74) is 0. The maximum atomic E-state index is 12.2. The summed E-state index contributed by atoms with van der Waals surface area (Å²) in [6.45, 7) is 1.74. The molecule has 0 aromatic carbocycles. The number of allylic oxidation sites excluding steroid dienone is 2. The molecule has 14 heavy (non-hydrogen) atoms. The Kier molecular flexibility index (Phi) is 1.98. The minimum atomic E-state index is -4.67. The van der Waals surface area contributed by atoms with E-state index in [2.05, 4.69) is 0 Å². The molecule has 78 valence electrons. The Morgan fingerprint density at radius 3 is 2.29 bits per heavy atom. The van der Waals surface area contributed by atoms with Crippen LogP contribution < -0.4 is 0 Å². The molecule has 0 aliphatic heterocycles. The van der Waals surface area contributed by atoms with E-state index in [4.69, 9.17) is 0 Å². The van der Waals surface area contributed by atoms with Crippen LogP contribution in [0.4, 0.5) is 13.2 Å². The highest BCUT2D eigenvalue weighted by atomic mass is 19.4. The van der Waals surface area contributed by atoms with Crippen molar-refractivity contribution in [2.75, 3.05) is 0 Å². The van der Waals surface area contributed by atoms with E-state index in [1.54, 1.807) is 13.0 Å². The molecule has 4 atom stereocenters. The highest BCUT2D eigenvalue weighted by molar-refractivity contribution is 5.87. The van der Waals surface area contributed by atoms with Crippen molar-refractivity contribution < 1.29 is 18.0 Å². The van der Waals surface area contributed by atoms with Gasteiger partial charge in [-0.3, -0.25) is 4.79 Å². The van der Waals surface area contributed by atoms with E-state index in [0.29, 0.717) is 6.42 Å². The lowest BCUT2D eigenvalue weighted by atomic mass is 9.81. The van der Waals surface area contributed by atoms with Gasteiger partial charge < -0.3 is 0 Å². The van der Waals surface area contributed by atoms with Crippen LogP contribution in [-0.2, 0) is 4.79 Å². The van der Waals surface area contributed by atoms with Crippen LogP contribution in [0, 0.1) is 23.7 Å². The lowest BCUT2D eigenvalue weighted by Gasteiger charge is -2.24. The summed E-state index contributed by atoms with van der Waals surface area (Å²) in [7, 11) is 0. The van der Waals surface area contributed by atoms with Gasteiger partial charge in [-0.1, -0.05) is 19.1 Å². The van der Waals surface area contributed by atoms with E-state index in [1.165, 1.54) is 0 Å². The van der Waals surface area contributed by atoms with Gasteiger partial charge in [0.15, 0.2) is 0 Å². The molecule has 2 bridgehead atoms. The first-order valence-electron chi connectivity index (χ1n) is 4.70. The molecule has 0 radical (unpaired) electrons. The van der Waals surface area contributed by atoms with Crippen molar-refractivity contribution in [2.24, 2.45) is 23.7 Å². The molecule has 0 heterocycles. The second-order valence-electron chi connectivity index (χ2n) is 4.20. The maximum Gasteiger partial charge on any atom is 0.450 e. The third-order valence-electron chi connectivity index (χ3n) is 3.44. The molecule has 0 aromatic rings. The van der Waals surface area contributed by atoms with E-state index >= 15 is 0 Å².